The lowest BCUT2D eigenvalue weighted by Gasteiger charge is -2.24. The molecule has 11 nitrogen and oxygen atoms in total. The Bertz CT molecular complexity index is 857. The van der Waals surface area contributed by atoms with Gasteiger partial charge >= 0.3 is 11.9 Å². The largest absolute Gasteiger partial charge is 0.481 e. The van der Waals surface area contributed by atoms with Gasteiger partial charge in [0.05, 0.1) is 12.5 Å². The molecule has 7 N–H and O–H groups in total. The number of carbonyl (C=O) groups is 5. The smallest absolute Gasteiger partial charge is 0.326 e. The number of benzene rings is 1. The second-order valence-corrected chi connectivity index (χ2v) is 8.73. The molecule has 0 saturated carbocycles. The number of carboxylic acids is 2. The summed E-state index contributed by atoms with van der Waals surface area (Å²) in [6, 6.07) is 4.04. The quantitative estimate of drug-likeness (QED) is 0.148. The van der Waals surface area contributed by atoms with Crippen LogP contribution in [0, 0.1) is 0 Å². The third-order valence-corrected chi connectivity index (χ3v) is 5.70. The number of nitrogens with two attached hydrogens (primary N) is 1. The van der Waals surface area contributed by atoms with Crippen LogP contribution in [0.2, 0.25) is 0 Å². The number of carboxylic acid groups (broad SMARTS) is 2. The van der Waals surface area contributed by atoms with E-state index in [1.54, 1.807) is 30.3 Å². The van der Waals surface area contributed by atoms with Crippen molar-refractivity contribution in [3.8, 4) is 0 Å². The van der Waals surface area contributed by atoms with Crippen molar-refractivity contribution in [2.24, 2.45) is 5.73 Å². The minimum absolute atomic E-state index is 0.116. The van der Waals surface area contributed by atoms with Crippen molar-refractivity contribution < 1.29 is 34.2 Å². The van der Waals surface area contributed by atoms with Gasteiger partial charge < -0.3 is 31.9 Å². The third-order valence-electron chi connectivity index (χ3n) is 4.69. The Hall–Kier alpha value is -2.77. The first-order valence-electron chi connectivity index (χ1n) is 10.3. The minimum Gasteiger partial charge on any atom is -0.481 e. The van der Waals surface area contributed by atoms with E-state index in [4.69, 9.17) is 15.9 Å². The van der Waals surface area contributed by atoms with E-state index < -0.39 is 60.2 Å². The Morgan fingerprint density at radius 3 is 2.03 bits per heavy atom. The molecule has 4 atom stereocenters. The molecule has 188 valence electrons. The van der Waals surface area contributed by atoms with Gasteiger partial charge in [0.15, 0.2) is 0 Å². The maximum atomic E-state index is 13.0. The molecule has 0 fully saturated rings. The summed E-state index contributed by atoms with van der Waals surface area (Å²) in [5.41, 5.74) is 6.66. The van der Waals surface area contributed by atoms with Crippen LogP contribution in [0.5, 0.6) is 0 Å². The van der Waals surface area contributed by atoms with Gasteiger partial charge in [-0.1, -0.05) is 30.3 Å². The highest BCUT2D eigenvalue weighted by atomic mass is 32.2. The summed E-state index contributed by atoms with van der Waals surface area (Å²) in [6.45, 7) is 0. The Morgan fingerprint density at radius 1 is 0.941 bits per heavy atom. The molecular formula is C21H30N4O7S2. The number of thioether (sulfide) groups is 1. The van der Waals surface area contributed by atoms with Gasteiger partial charge in [0.25, 0.3) is 0 Å². The maximum absolute atomic E-state index is 13.0. The van der Waals surface area contributed by atoms with Gasteiger partial charge in [-0.15, -0.1) is 0 Å². The van der Waals surface area contributed by atoms with Crippen LogP contribution >= 0.6 is 24.4 Å². The molecule has 0 bridgehead atoms. The summed E-state index contributed by atoms with van der Waals surface area (Å²) in [4.78, 5) is 60.1. The molecule has 3 amide bonds. The number of aliphatic carboxylic acids is 2. The molecule has 0 aliphatic carbocycles. The van der Waals surface area contributed by atoms with Crippen molar-refractivity contribution in [3.63, 3.8) is 0 Å². The van der Waals surface area contributed by atoms with E-state index in [-0.39, 0.29) is 12.2 Å². The molecule has 1 rings (SSSR count). The number of thiol groups is 1. The summed E-state index contributed by atoms with van der Waals surface area (Å²) in [5.74, 6) is -4.63. The molecule has 0 aliphatic heterocycles. The Labute approximate surface area is 207 Å². The summed E-state index contributed by atoms with van der Waals surface area (Å²) in [6.07, 6.45) is 1.57. The SMILES string of the molecule is CSCCC(N)C(=O)NC(Cc1ccccc1)C(=O)NC(CS)C(=O)NC(CC(=O)O)C(=O)O. The number of nitrogens with one attached hydrogen (secondary N) is 3. The lowest BCUT2D eigenvalue weighted by molar-refractivity contribution is -0.147. The van der Waals surface area contributed by atoms with Crippen molar-refractivity contribution in [1.82, 2.24) is 16.0 Å². The van der Waals surface area contributed by atoms with Crippen LogP contribution in [0.15, 0.2) is 30.3 Å². The van der Waals surface area contributed by atoms with Gasteiger partial charge in [-0.05, 0) is 24.0 Å². The van der Waals surface area contributed by atoms with Gasteiger partial charge in [-0.3, -0.25) is 19.2 Å². The van der Waals surface area contributed by atoms with Crippen LogP contribution in [0.3, 0.4) is 0 Å². The van der Waals surface area contributed by atoms with Crippen LogP contribution in [-0.2, 0) is 30.4 Å². The first-order valence-corrected chi connectivity index (χ1v) is 12.4. The van der Waals surface area contributed by atoms with Gasteiger partial charge in [0.2, 0.25) is 17.7 Å². The molecular weight excluding hydrogens is 484 g/mol. The zero-order valence-electron chi connectivity index (χ0n) is 18.6. The molecule has 1 aromatic rings. The maximum Gasteiger partial charge on any atom is 0.326 e. The van der Waals surface area contributed by atoms with E-state index in [0.717, 1.165) is 5.56 Å². The standard InChI is InChI=1S/C21H30N4O7S2/c1-34-8-7-13(22)18(28)23-14(9-12-5-3-2-4-6-12)19(29)25-16(11-33)20(30)24-15(21(31)32)10-17(26)27/h2-6,13-16,33H,7-11,22H2,1H3,(H,23,28)(H,24,30)(H,25,29)(H,26,27)(H,31,32). The number of rotatable bonds is 15. The molecule has 0 aromatic heterocycles. The van der Waals surface area contributed by atoms with Crippen molar-refractivity contribution in [1.29, 1.82) is 0 Å². The monoisotopic (exact) mass is 514 g/mol. The van der Waals surface area contributed by atoms with Gasteiger partial charge in [0, 0.05) is 12.2 Å². The summed E-state index contributed by atoms with van der Waals surface area (Å²) in [5, 5.41) is 25.1. The summed E-state index contributed by atoms with van der Waals surface area (Å²) < 4.78 is 0. The predicted molar refractivity (Wildman–Crippen MR) is 131 cm³/mol. The van der Waals surface area contributed by atoms with Crippen LogP contribution < -0.4 is 21.7 Å². The Kier molecular flexibility index (Phi) is 13.1. The van der Waals surface area contributed by atoms with Gasteiger partial charge in [0.1, 0.15) is 18.1 Å². The molecule has 0 aliphatic rings. The molecule has 0 spiro atoms. The Balaban J connectivity index is 2.96. The average molecular weight is 515 g/mol. The fraction of sp³-hybridized carbons (Fsp3) is 0.476. The van der Waals surface area contributed by atoms with Crippen molar-refractivity contribution in [2.45, 2.75) is 43.4 Å². The number of carbonyl (C=O) groups excluding carboxylic acids is 3. The van der Waals surface area contributed by atoms with E-state index in [9.17, 15) is 24.0 Å². The van der Waals surface area contributed by atoms with Crippen LogP contribution in [-0.4, -0.2) is 81.8 Å². The number of amides is 3. The van der Waals surface area contributed by atoms with Crippen LogP contribution in [0.4, 0.5) is 0 Å². The highest BCUT2D eigenvalue weighted by molar-refractivity contribution is 7.98. The fourth-order valence-corrected chi connectivity index (χ4v) is 3.57. The van der Waals surface area contributed by atoms with Crippen LogP contribution in [0.25, 0.3) is 0 Å². The van der Waals surface area contributed by atoms with Gasteiger partial charge in [-0.25, -0.2) is 4.79 Å². The minimum atomic E-state index is -1.68. The highest BCUT2D eigenvalue weighted by Gasteiger charge is 2.30. The molecule has 4 unspecified atom stereocenters. The van der Waals surface area contributed by atoms with E-state index in [1.165, 1.54) is 11.8 Å². The summed E-state index contributed by atoms with van der Waals surface area (Å²) >= 11 is 5.56. The fourth-order valence-electron chi connectivity index (χ4n) is 2.83. The molecule has 0 heterocycles. The Morgan fingerprint density at radius 2 is 1.50 bits per heavy atom. The first-order chi connectivity index (χ1) is 16.1. The summed E-state index contributed by atoms with van der Waals surface area (Å²) in [7, 11) is 0. The van der Waals surface area contributed by atoms with Gasteiger partial charge in [-0.2, -0.15) is 24.4 Å². The highest BCUT2D eigenvalue weighted by Crippen LogP contribution is 2.06. The van der Waals surface area contributed by atoms with Crippen LogP contribution in [0.1, 0.15) is 18.4 Å². The van der Waals surface area contributed by atoms with E-state index in [1.807, 2.05) is 6.26 Å². The first kappa shape index (κ1) is 29.3. The normalized spacial score (nSPS) is 14.2. The van der Waals surface area contributed by atoms with Crippen molar-refractivity contribution in [2.75, 3.05) is 17.8 Å². The predicted octanol–water partition coefficient (Wildman–Crippen LogP) is -0.747. The van der Waals surface area contributed by atoms with E-state index in [2.05, 4.69) is 28.6 Å². The lowest BCUT2D eigenvalue weighted by Crippen LogP contribution is -2.58. The molecule has 13 heteroatoms. The zero-order valence-corrected chi connectivity index (χ0v) is 20.3. The molecule has 34 heavy (non-hydrogen) atoms. The molecule has 1 aromatic carbocycles. The van der Waals surface area contributed by atoms with Crippen molar-refractivity contribution >= 4 is 54.1 Å². The second-order valence-electron chi connectivity index (χ2n) is 7.38. The molecule has 0 radical (unpaired) electrons. The number of hydrogen-bond donors (Lipinski definition) is 7. The van der Waals surface area contributed by atoms with E-state index >= 15 is 0 Å². The molecule has 0 saturated heterocycles. The van der Waals surface area contributed by atoms with Crippen molar-refractivity contribution in [3.05, 3.63) is 35.9 Å². The zero-order chi connectivity index (χ0) is 25.7. The lowest BCUT2D eigenvalue weighted by atomic mass is 10.0. The topological polar surface area (TPSA) is 188 Å². The van der Waals surface area contributed by atoms with E-state index in [0.29, 0.717) is 12.2 Å². The third kappa shape index (κ3) is 10.4. The average Bonchev–Trinajstić information content (AvgIpc) is 2.79. The number of hydrogen-bond acceptors (Lipinski definition) is 8. The second kappa shape index (κ2) is 15.2.